The molecule has 4 nitrogen and oxygen atoms in total. The molecule has 2 heterocycles. The molecule has 1 aromatic heterocycles. The molecule has 0 spiro atoms. The molecule has 4 heteroatoms. The number of nitrogens with one attached hydrogen (secondary N) is 1. The SMILES string of the molecule is C[C@H]1CN(C(=O)c2cc3ccc(C(C)(C)C)cc3[nH]2)C[C@H](C)O1. The van der Waals surface area contributed by atoms with Gasteiger partial charge >= 0.3 is 0 Å². The van der Waals surface area contributed by atoms with Gasteiger partial charge in [-0.05, 0) is 37.0 Å². The highest BCUT2D eigenvalue weighted by Crippen LogP contribution is 2.27. The van der Waals surface area contributed by atoms with E-state index in [-0.39, 0.29) is 23.5 Å². The van der Waals surface area contributed by atoms with Crippen LogP contribution in [0.4, 0.5) is 0 Å². The average Bonchev–Trinajstić information content (AvgIpc) is 2.87. The normalized spacial score (nSPS) is 22.6. The maximum atomic E-state index is 12.8. The fraction of sp³-hybridized carbons (Fsp3) is 0.526. The first kappa shape index (κ1) is 16.1. The number of amides is 1. The maximum Gasteiger partial charge on any atom is 0.270 e. The molecule has 1 aromatic carbocycles. The van der Waals surface area contributed by atoms with Gasteiger partial charge in [0, 0.05) is 24.0 Å². The van der Waals surface area contributed by atoms with Crippen molar-refractivity contribution in [3.05, 3.63) is 35.5 Å². The molecule has 1 fully saturated rings. The van der Waals surface area contributed by atoms with Crippen LogP contribution in [0, 0.1) is 0 Å². The summed E-state index contributed by atoms with van der Waals surface area (Å²) < 4.78 is 5.71. The topological polar surface area (TPSA) is 45.3 Å². The fourth-order valence-corrected chi connectivity index (χ4v) is 3.22. The van der Waals surface area contributed by atoms with Crippen LogP contribution in [0.1, 0.15) is 50.7 Å². The third-order valence-electron chi connectivity index (χ3n) is 4.43. The molecule has 2 aromatic rings. The van der Waals surface area contributed by atoms with Gasteiger partial charge in [0.25, 0.3) is 5.91 Å². The number of carbonyl (C=O) groups is 1. The summed E-state index contributed by atoms with van der Waals surface area (Å²) in [5, 5.41) is 1.08. The van der Waals surface area contributed by atoms with E-state index in [4.69, 9.17) is 4.74 Å². The van der Waals surface area contributed by atoms with Crippen molar-refractivity contribution < 1.29 is 9.53 Å². The quantitative estimate of drug-likeness (QED) is 0.872. The van der Waals surface area contributed by atoms with Crippen molar-refractivity contribution in [3.8, 4) is 0 Å². The standard InChI is InChI=1S/C19H26N2O2/c1-12-10-21(11-13(2)23-12)18(22)17-8-14-6-7-15(19(3,4)5)9-16(14)20-17/h6-9,12-13,20H,10-11H2,1-5H3/t12-,13-/m0/s1. The zero-order valence-corrected chi connectivity index (χ0v) is 14.6. The minimum Gasteiger partial charge on any atom is -0.372 e. The van der Waals surface area contributed by atoms with Gasteiger partial charge < -0.3 is 14.6 Å². The molecule has 1 amide bonds. The number of rotatable bonds is 1. The van der Waals surface area contributed by atoms with Gasteiger partial charge in [-0.25, -0.2) is 0 Å². The number of H-pyrrole nitrogens is 1. The van der Waals surface area contributed by atoms with Crippen molar-refractivity contribution >= 4 is 16.8 Å². The lowest BCUT2D eigenvalue weighted by Crippen LogP contribution is -2.48. The third kappa shape index (κ3) is 3.27. The molecule has 0 saturated carbocycles. The van der Waals surface area contributed by atoms with Crippen LogP contribution in [0.25, 0.3) is 10.9 Å². The molecule has 1 aliphatic heterocycles. The molecule has 1 aliphatic rings. The first-order valence-electron chi connectivity index (χ1n) is 8.32. The summed E-state index contributed by atoms with van der Waals surface area (Å²) in [6.45, 7) is 11.9. The highest BCUT2D eigenvalue weighted by atomic mass is 16.5. The Morgan fingerprint density at radius 2 is 1.83 bits per heavy atom. The average molecular weight is 314 g/mol. The van der Waals surface area contributed by atoms with Crippen molar-refractivity contribution in [3.63, 3.8) is 0 Å². The highest BCUT2D eigenvalue weighted by molar-refractivity contribution is 5.98. The second-order valence-corrected chi connectivity index (χ2v) is 7.70. The largest absolute Gasteiger partial charge is 0.372 e. The van der Waals surface area contributed by atoms with Crippen LogP contribution < -0.4 is 0 Å². The molecule has 0 radical (unpaired) electrons. The van der Waals surface area contributed by atoms with E-state index >= 15 is 0 Å². The molecule has 2 atom stereocenters. The Labute approximate surface area is 137 Å². The summed E-state index contributed by atoms with van der Waals surface area (Å²) in [6.07, 6.45) is 0.166. The van der Waals surface area contributed by atoms with Gasteiger partial charge in [0.05, 0.1) is 12.2 Å². The molecular weight excluding hydrogens is 288 g/mol. The van der Waals surface area contributed by atoms with Gasteiger partial charge in [0.15, 0.2) is 0 Å². The summed E-state index contributed by atoms with van der Waals surface area (Å²) in [5.74, 6) is 0.0560. The summed E-state index contributed by atoms with van der Waals surface area (Å²) in [6, 6.07) is 8.34. The Bertz CT molecular complexity index is 717. The van der Waals surface area contributed by atoms with E-state index in [1.54, 1.807) is 0 Å². The lowest BCUT2D eigenvalue weighted by Gasteiger charge is -2.35. The zero-order valence-electron chi connectivity index (χ0n) is 14.6. The van der Waals surface area contributed by atoms with Crippen molar-refractivity contribution in [1.29, 1.82) is 0 Å². The van der Waals surface area contributed by atoms with Crippen LogP contribution >= 0.6 is 0 Å². The number of fused-ring (bicyclic) bond motifs is 1. The second-order valence-electron chi connectivity index (χ2n) is 7.70. The fourth-order valence-electron chi connectivity index (χ4n) is 3.22. The molecule has 0 aliphatic carbocycles. The maximum absolute atomic E-state index is 12.8. The molecular formula is C19H26N2O2. The van der Waals surface area contributed by atoms with Crippen LogP contribution in [0.15, 0.2) is 24.3 Å². The molecule has 1 saturated heterocycles. The van der Waals surface area contributed by atoms with Crippen LogP contribution in [-0.4, -0.2) is 41.1 Å². The van der Waals surface area contributed by atoms with Crippen LogP contribution in [-0.2, 0) is 10.2 Å². The third-order valence-corrected chi connectivity index (χ3v) is 4.43. The minimum absolute atomic E-state index is 0.0560. The van der Waals surface area contributed by atoms with Crippen molar-refractivity contribution in [1.82, 2.24) is 9.88 Å². The van der Waals surface area contributed by atoms with E-state index in [9.17, 15) is 4.79 Å². The first-order valence-corrected chi connectivity index (χ1v) is 8.32. The number of aromatic amines is 1. The minimum atomic E-state index is 0.0560. The number of nitrogens with zero attached hydrogens (tertiary/aromatic N) is 1. The molecule has 3 rings (SSSR count). The number of hydrogen-bond acceptors (Lipinski definition) is 2. The van der Waals surface area contributed by atoms with Crippen LogP contribution in [0.2, 0.25) is 0 Å². The predicted molar refractivity (Wildman–Crippen MR) is 92.9 cm³/mol. The molecule has 1 N–H and O–H groups in total. The van der Waals surface area contributed by atoms with Gasteiger partial charge in [-0.15, -0.1) is 0 Å². The van der Waals surface area contributed by atoms with Crippen LogP contribution in [0.3, 0.4) is 0 Å². The number of aromatic nitrogens is 1. The Balaban J connectivity index is 1.89. The van der Waals surface area contributed by atoms with E-state index in [0.717, 1.165) is 10.9 Å². The van der Waals surface area contributed by atoms with Gasteiger partial charge in [-0.1, -0.05) is 32.9 Å². The molecule has 0 unspecified atom stereocenters. The zero-order chi connectivity index (χ0) is 16.8. The summed E-state index contributed by atoms with van der Waals surface area (Å²) in [4.78, 5) is 18.0. The summed E-state index contributed by atoms with van der Waals surface area (Å²) in [5.41, 5.74) is 3.04. The molecule has 23 heavy (non-hydrogen) atoms. The van der Waals surface area contributed by atoms with E-state index in [1.165, 1.54) is 5.56 Å². The van der Waals surface area contributed by atoms with Gasteiger partial charge in [-0.2, -0.15) is 0 Å². The summed E-state index contributed by atoms with van der Waals surface area (Å²) >= 11 is 0. The monoisotopic (exact) mass is 314 g/mol. The Morgan fingerprint density at radius 3 is 2.43 bits per heavy atom. The number of carbonyl (C=O) groups excluding carboxylic acids is 1. The number of morpholine rings is 1. The summed E-state index contributed by atoms with van der Waals surface area (Å²) in [7, 11) is 0. The lowest BCUT2D eigenvalue weighted by atomic mass is 9.87. The second kappa shape index (κ2) is 5.68. The Hall–Kier alpha value is -1.81. The van der Waals surface area contributed by atoms with E-state index < -0.39 is 0 Å². The lowest BCUT2D eigenvalue weighted by molar-refractivity contribution is -0.0587. The predicted octanol–water partition coefficient (Wildman–Crippen LogP) is 3.71. The Morgan fingerprint density at radius 1 is 1.17 bits per heavy atom. The molecule has 0 bridgehead atoms. The van der Waals surface area contributed by atoms with Crippen molar-refractivity contribution in [2.24, 2.45) is 0 Å². The van der Waals surface area contributed by atoms with Gasteiger partial charge in [-0.3, -0.25) is 4.79 Å². The van der Waals surface area contributed by atoms with E-state index in [0.29, 0.717) is 18.8 Å². The smallest absolute Gasteiger partial charge is 0.270 e. The van der Waals surface area contributed by atoms with Gasteiger partial charge in [0.1, 0.15) is 5.69 Å². The number of ether oxygens (including phenoxy) is 1. The highest BCUT2D eigenvalue weighted by Gasteiger charge is 2.27. The Kier molecular flexibility index (Phi) is 3.96. The van der Waals surface area contributed by atoms with Gasteiger partial charge in [0.2, 0.25) is 0 Å². The van der Waals surface area contributed by atoms with E-state index in [2.05, 4.69) is 44.0 Å². The molecule has 124 valence electrons. The van der Waals surface area contributed by atoms with Crippen molar-refractivity contribution in [2.45, 2.75) is 52.2 Å². The van der Waals surface area contributed by atoms with Crippen molar-refractivity contribution in [2.75, 3.05) is 13.1 Å². The number of benzene rings is 1. The number of hydrogen-bond donors (Lipinski definition) is 1. The van der Waals surface area contributed by atoms with E-state index in [1.807, 2.05) is 24.8 Å². The first-order chi connectivity index (χ1) is 10.7. The van der Waals surface area contributed by atoms with Crippen LogP contribution in [0.5, 0.6) is 0 Å².